The second kappa shape index (κ2) is 10.3. The number of alkyl carbamates (subject to hydrolysis) is 1. The Balaban J connectivity index is 1.74. The van der Waals surface area contributed by atoms with Crippen LogP contribution in [0.3, 0.4) is 0 Å². The molecule has 1 aliphatic carbocycles. The van der Waals surface area contributed by atoms with Gasteiger partial charge in [0.15, 0.2) is 11.2 Å². The van der Waals surface area contributed by atoms with Gasteiger partial charge in [0, 0.05) is 24.2 Å². The third-order valence-electron chi connectivity index (χ3n) is 6.39. The number of carbonyl (C=O) groups excluding carboxylic acids is 2. The van der Waals surface area contributed by atoms with Crippen molar-refractivity contribution in [2.75, 3.05) is 12.4 Å². The largest absolute Gasteiger partial charge is 0.441 e. The highest BCUT2D eigenvalue weighted by molar-refractivity contribution is 6.30. The highest BCUT2D eigenvalue weighted by Gasteiger charge is 2.77. The van der Waals surface area contributed by atoms with E-state index in [1.165, 1.54) is 31.6 Å². The normalized spacial score (nSPS) is 20.8. The fourth-order valence-electron chi connectivity index (χ4n) is 4.08. The molecule has 0 saturated heterocycles. The van der Waals surface area contributed by atoms with E-state index in [2.05, 4.69) is 20.6 Å². The van der Waals surface area contributed by atoms with Crippen molar-refractivity contribution in [1.29, 1.82) is 10.5 Å². The highest BCUT2D eigenvalue weighted by Crippen LogP contribution is 2.68. The van der Waals surface area contributed by atoms with Crippen molar-refractivity contribution in [2.45, 2.75) is 26.9 Å². The lowest BCUT2D eigenvalue weighted by atomic mass is 9.96. The summed E-state index contributed by atoms with van der Waals surface area (Å²) in [5.74, 6) is 4.57. The van der Waals surface area contributed by atoms with Crippen LogP contribution in [0, 0.1) is 39.4 Å². The van der Waals surface area contributed by atoms with E-state index in [1.54, 1.807) is 32.9 Å². The topological polar surface area (TPSA) is 196 Å². The smallest absolute Gasteiger partial charge is 0.413 e. The summed E-state index contributed by atoms with van der Waals surface area (Å²) in [7, 11) is 1.46. The highest BCUT2D eigenvalue weighted by atomic mass is 35.5. The summed E-state index contributed by atoms with van der Waals surface area (Å²) in [6.45, 7) is 5.03. The summed E-state index contributed by atoms with van der Waals surface area (Å²) in [6, 6.07) is 10.4. The van der Waals surface area contributed by atoms with E-state index in [9.17, 15) is 20.1 Å². The van der Waals surface area contributed by atoms with Crippen LogP contribution in [-0.4, -0.2) is 34.0 Å². The quantitative estimate of drug-likeness (QED) is 0.238. The number of aromatic nitrogens is 2. The number of nitrogens with two attached hydrogens (primary N) is 2. The Kier molecular flexibility index (Phi) is 7.58. The van der Waals surface area contributed by atoms with Gasteiger partial charge in [-0.05, 0) is 25.1 Å². The van der Waals surface area contributed by atoms with Gasteiger partial charge in [-0.2, -0.15) is 10.5 Å². The molecule has 2 unspecified atom stereocenters. The molecule has 1 saturated carbocycles. The second-order valence-electron chi connectivity index (χ2n) is 9.02. The standard InChI is InChI=1S/C24H26ClN9O3/c1-13(15-6-5-9-30-19(15)25)37-22(36)33-20(34(4)29)18(28)16-8-7-14(11-31-16)32-21(35)24(12-27)17(10-26)23(24,2)3/h5-9,11,13,17H,28-29H2,1-4H3,(H,32,35)(H,33,36)/b20-18-/t13-,17?,24?/m1/s1. The van der Waals surface area contributed by atoms with Gasteiger partial charge in [0.05, 0.1) is 35.6 Å². The van der Waals surface area contributed by atoms with Crippen LogP contribution in [-0.2, 0) is 9.53 Å². The van der Waals surface area contributed by atoms with Crippen LogP contribution in [0.1, 0.15) is 38.1 Å². The van der Waals surface area contributed by atoms with E-state index in [0.29, 0.717) is 11.3 Å². The van der Waals surface area contributed by atoms with Gasteiger partial charge in [-0.3, -0.25) is 20.1 Å². The monoisotopic (exact) mass is 523 g/mol. The van der Waals surface area contributed by atoms with Gasteiger partial charge in [-0.25, -0.2) is 15.6 Å². The minimum absolute atomic E-state index is 0.0128. The summed E-state index contributed by atoms with van der Waals surface area (Å²) >= 11 is 6.05. The molecule has 13 heteroatoms. The van der Waals surface area contributed by atoms with Crippen molar-refractivity contribution in [2.24, 2.45) is 28.3 Å². The molecule has 0 spiro atoms. The van der Waals surface area contributed by atoms with E-state index in [-0.39, 0.29) is 22.4 Å². The first kappa shape index (κ1) is 27.2. The fraction of sp³-hybridized carbons (Fsp3) is 0.333. The number of nitrogens with one attached hydrogen (secondary N) is 2. The van der Waals surface area contributed by atoms with Crippen molar-refractivity contribution >= 4 is 35.0 Å². The maximum Gasteiger partial charge on any atom is 0.413 e. The number of anilines is 1. The van der Waals surface area contributed by atoms with Gasteiger partial charge in [0.1, 0.15) is 17.0 Å². The van der Waals surface area contributed by atoms with Crippen molar-refractivity contribution in [3.8, 4) is 12.1 Å². The SMILES string of the molecule is C[C@@H](OC(=O)N/C(=C(/N)c1ccc(NC(=O)C2(C#N)C(C#N)C2(C)C)cn1)N(C)N)c1cccnc1Cl. The van der Waals surface area contributed by atoms with E-state index in [0.717, 1.165) is 5.01 Å². The Bertz CT molecular complexity index is 1330. The number of halogens is 1. The molecule has 2 amide bonds. The van der Waals surface area contributed by atoms with Crippen molar-refractivity contribution in [3.63, 3.8) is 0 Å². The van der Waals surface area contributed by atoms with Gasteiger partial charge in [-0.15, -0.1) is 0 Å². The third kappa shape index (κ3) is 4.98. The predicted molar refractivity (Wildman–Crippen MR) is 134 cm³/mol. The number of hydrogen-bond acceptors (Lipinski definition) is 10. The molecule has 2 heterocycles. The molecule has 2 aromatic heterocycles. The summed E-state index contributed by atoms with van der Waals surface area (Å²) in [6.07, 6.45) is 1.31. The van der Waals surface area contributed by atoms with Crippen molar-refractivity contribution in [1.82, 2.24) is 20.3 Å². The average molecular weight is 524 g/mol. The number of amides is 2. The number of nitriles is 2. The predicted octanol–water partition coefficient (Wildman–Crippen LogP) is 2.64. The number of hydrogen-bond donors (Lipinski definition) is 4. The van der Waals surface area contributed by atoms with Gasteiger partial charge in [0.2, 0.25) is 5.91 Å². The van der Waals surface area contributed by atoms with Crippen LogP contribution < -0.4 is 22.2 Å². The number of ether oxygens (including phenoxy) is 1. The van der Waals surface area contributed by atoms with Crippen LogP contribution in [0.5, 0.6) is 0 Å². The van der Waals surface area contributed by atoms with E-state index in [1.807, 2.05) is 12.1 Å². The number of rotatable bonds is 7. The van der Waals surface area contributed by atoms with Crippen molar-refractivity contribution < 1.29 is 14.3 Å². The lowest BCUT2D eigenvalue weighted by molar-refractivity contribution is -0.120. The van der Waals surface area contributed by atoms with Crippen LogP contribution in [0.25, 0.3) is 5.70 Å². The lowest BCUT2D eigenvalue weighted by Crippen LogP contribution is -2.39. The Labute approximate surface area is 218 Å². The first-order valence-corrected chi connectivity index (χ1v) is 11.4. The summed E-state index contributed by atoms with van der Waals surface area (Å²) in [5, 5.41) is 25.4. The zero-order chi connectivity index (χ0) is 27.5. The maximum atomic E-state index is 12.8. The Morgan fingerprint density at radius 3 is 2.49 bits per heavy atom. The van der Waals surface area contributed by atoms with Crippen LogP contribution in [0.4, 0.5) is 10.5 Å². The molecule has 0 bridgehead atoms. The Morgan fingerprint density at radius 1 is 1.27 bits per heavy atom. The van der Waals surface area contributed by atoms with Crippen molar-refractivity contribution in [3.05, 3.63) is 58.9 Å². The molecular weight excluding hydrogens is 498 g/mol. The number of pyridine rings is 2. The summed E-state index contributed by atoms with van der Waals surface area (Å²) in [5.41, 5.74) is 5.06. The molecule has 12 nitrogen and oxygen atoms in total. The first-order valence-electron chi connectivity index (χ1n) is 11.1. The number of hydrazine groups is 1. The van der Waals surface area contributed by atoms with Crippen LogP contribution in [0.15, 0.2) is 42.5 Å². The summed E-state index contributed by atoms with van der Waals surface area (Å²) in [4.78, 5) is 33.5. The second-order valence-corrected chi connectivity index (χ2v) is 9.38. The molecule has 0 aliphatic heterocycles. The lowest BCUT2D eigenvalue weighted by Gasteiger charge is -2.21. The molecule has 0 aromatic carbocycles. The minimum Gasteiger partial charge on any atom is -0.441 e. The molecule has 0 radical (unpaired) electrons. The molecule has 37 heavy (non-hydrogen) atoms. The molecule has 6 N–H and O–H groups in total. The van der Waals surface area contributed by atoms with Crippen LogP contribution in [0.2, 0.25) is 5.15 Å². The van der Waals surface area contributed by atoms with Gasteiger partial charge in [-0.1, -0.05) is 31.5 Å². The Hall–Kier alpha value is -4.39. The fourth-order valence-corrected chi connectivity index (χ4v) is 4.35. The van der Waals surface area contributed by atoms with E-state index >= 15 is 0 Å². The molecule has 3 rings (SSSR count). The van der Waals surface area contributed by atoms with Crippen LogP contribution >= 0.6 is 11.6 Å². The minimum atomic E-state index is -1.45. The third-order valence-corrected chi connectivity index (χ3v) is 6.70. The van der Waals surface area contributed by atoms with E-state index < -0.39 is 34.9 Å². The zero-order valence-electron chi connectivity index (χ0n) is 20.6. The van der Waals surface area contributed by atoms with Gasteiger partial charge in [0.25, 0.3) is 0 Å². The zero-order valence-corrected chi connectivity index (χ0v) is 21.4. The molecule has 2 aromatic rings. The maximum absolute atomic E-state index is 12.8. The number of nitrogens with zero attached hydrogens (tertiary/aromatic N) is 5. The summed E-state index contributed by atoms with van der Waals surface area (Å²) < 4.78 is 5.37. The van der Waals surface area contributed by atoms with Gasteiger partial charge >= 0.3 is 6.09 Å². The average Bonchev–Trinajstić information content (AvgIpc) is 3.37. The molecule has 3 atom stereocenters. The Morgan fingerprint density at radius 2 is 1.97 bits per heavy atom. The molecule has 1 fully saturated rings. The molecule has 192 valence electrons. The first-order chi connectivity index (χ1) is 17.4. The van der Waals surface area contributed by atoms with E-state index in [4.69, 9.17) is 27.9 Å². The molecule has 1 aliphatic rings. The number of carbonyl (C=O) groups is 2. The van der Waals surface area contributed by atoms with Gasteiger partial charge < -0.3 is 15.8 Å². The molecular formula is C24H26ClN9O3.